The van der Waals surface area contributed by atoms with Crippen molar-refractivity contribution in [2.75, 3.05) is 6.54 Å². The van der Waals surface area contributed by atoms with Gasteiger partial charge in [0.25, 0.3) is 0 Å². The molecular weight excluding hydrogens is 188 g/mol. The Morgan fingerprint density at radius 2 is 2.00 bits per heavy atom. The SMILES string of the molecule is Cc1cc(C)c2oc(CCN)nc2c1C. The van der Waals surface area contributed by atoms with E-state index in [1.54, 1.807) is 0 Å². The molecule has 1 aromatic heterocycles. The number of hydrogen-bond donors (Lipinski definition) is 1. The van der Waals surface area contributed by atoms with E-state index in [2.05, 4.69) is 24.9 Å². The lowest BCUT2D eigenvalue weighted by molar-refractivity contribution is 0.529. The van der Waals surface area contributed by atoms with Gasteiger partial charge in [-0.15, -0.1) is 0 Å². The van der Waals surface area contributed by atoms with Crippen LogP contribution in [0.4, 0.5) is 0 Å². The molecule has 0 aliphatic carbocycles. The summed E-state index contributed by atoms with van der Waals surface area (Å²) in [6.45, 7) is 6.79. The van der Waals surface area contributed by atoms with Gasteiger partial charge in [0.1, 0.15) is 5.52 Å². The molecule has 1 heterocycles. The normalized spacial score (nSPS) is 11.2. The molecule has 0 unspecified atom stereocenters. The number of oxazole rings is 1. The molecule has 2 rings (SSSR count). The van der Waals surface area contributed by atoms with Gasteiger partial charge in [0.2, 0.25) is 0 Å². The fraction of sp³-hybridized carbons (Fsp3) is 0.417. The fourth-order valence-corrected chi connectivity index (χ4v) is 1.80. The lowest BCUT2D eigenvalue weighted by Gasteiger charge is -2.01. The van der Waals surface area contributed by atoms with Crippen LogP contribution in [0, 0.1) is 20.8 Å². The first-order chi connectivity index (χ1) is 7.13. The fourth-order valence-electron chi connectivity index (χ4n) is 1.80. The van der Waals surface area contributed by atoms with Crippen molar-refractivity contribution in [3.8, 4) is 0 Å². The van der Waals surface area contributed by atoms with Crippen molar-refractivity contribution < 1.29 is 4.42 Å². The summed E-state index contributed by atoms with van der Waals surface area (Å²) in [4.78, 5) is 4.48. The Hall–Kier alpha value is -1.35. The molecule has 0 fully saturated rings. The van der Waals surface area contributed by atoms with Gasteiger partial charge in [-0.25, -0.2) is 4.98 Å². The zero-order valence-electron chi connectivity index (χ0n) is 9.42. The van der Waals surface area contributed by atoms with Crippen molar-refractivity contribution in [3.63, 3.8) is 0 Å². The van der Waals surface area contributed by atoms with E-state index in [1.165, 1.54) is 11.1 Å². The lowest BCUT2D eigenvalue weighted by atomic mass is 10.1. The minimum Gasteiger partial charge on any atom is -0.440 e. The van der Waals surface area contributed by atoms with E-state index in [4.69, 9.17) is 10.2 Å². The summed E-state index contributed by atoms with van der Waals surface area (Å²) in [5.41, 5.74) is 11.0. The molecule has 0 radical (unpaired) electrons. The van der Waals surface area contributed by atoms with Crippen molar-refractivity contribution in [3.05, 3.63) is 28.6 Å². The van der Waals surface area contributed by atoms with Crippen LogP contribution in [0.3, 0.4) is 0 Å². The molecule has 3 heteroatoms. The first-order valence-corrected chi connectivity index (χ1v) is 5.19. The summed E-state index contributed by atoms with van der Waals surface area (Å²) in [5, 5.41) is 0. The molecule has 2 aromatic rings. The number of nitrogens with two attached hydrogens (primary N) is 1. The Kier molecular flexibility index (Phi) is 2.49. The summed E-state index contributed by atoms with van der Waals surface area (Å²) < 4.78 is 5.68. The number of aromatic nitrogens is 1. The maximum absolute atomic E-state index is 5.68. The highest BCUT2D eigenvalue weighted by atomic mass is 16.3. The summed E-state index contributed by atoms with van der Waals surface area (Å²) >= 11 is 0. The Labute approximate surface area is 89.3 Å². The standard InChI is InChI=1S/C12H16N2O/c1-7-6-8(2)12-11(9(7)3)14-10(15-12)4-5-13/h6H,4-5,13H2,1-3H3. The van der Waals surface area contributed by atoms with Crippen LogP contribution in [0.2, 0.25) is 0 Å². The molecule has 0 amide bonds. The third kappa shape index (κ3) is 1.63. The zero-order valence-corrected chi connectivity index (χ0v) is 9.42. The summed E-state index contributed by atoms with van der Waals surface area (Å²) in [6.07, 6.45) is 0.701. The van der Waals surface area contributed by atoms with Crippen LogP contribution in [-0.2, 0) is 6.42 Å². The first-order valence-electron chi connectivity index (χ1n) is 5.19. The second kappa shape index (κ2) is 3.66. The highest BCUT2D eigenvalue weighted by Crippen LogP contribution is 2.25. The molecule has 0 spiro atoms. The van der Waals surface area contributed by atoms with Gasteiger partial charge in [0.05, 0.1) is 0 Å². The average Bonchev–Trinajstić information content (AvgIpc) is 2.60. The van der Waals surface area contributed by atoms with Gasteiger partial charge >= 0.3 is 0 Å². The van der Waals surface area contributed by atoms with Crippen molar-refractivity contribution >= 4 is 11.1 Å². The minimum absolute atomic E-state index is 0.573. The van der Waals surface area contributed by atoms with E-state index in [-0.39, 0.29) is 0 Å². The van der Waals surface area contributed by atoms with Crippen LogP contribution in [0.5, 0.6) is 0 Å². The van der Waals surface area contributed by atoms with Crippen LogP contribution in [0.1, 0.15) is 22.6 Å². The van der Waals surface area contributed by atoms with Crippen molar-refractivity contribution in [1.82, 2.24) is 4.98 Å². The van der Waals surface area contributed by atoms with E-state index in [0.717, 1.165) is 22.6 Å². The molecule has 0 saturated heterocycles. The number of hydrogen-bond acceptors (Lipinski definition) is 3. The summed E-state index contributed by atoms with van der Waals surface area (Å²) in [6, 6.07) is 2.13. The summed E-state index contributed by atoms with van der Waals surface area (Å²) in [5.74, 6) is 0.740. The lowest BCUT2D eigenvalue weighted by Crippen LogP contribution is -2.02. The van der Waals surface area contributed by atoms with Gasteiger partial charge in [0, 0.05) is 13.0 Å². The Balaban J connectivity index is 2.68. The highest BCUT2D eigenvalue weighted by molar-refractivity contribution is 5.81. The monoisotopic (exact) mass is 204 g/mol. The predicted molar refractivity (Wildman–Crippen MR) is 61.0 cm³/mol. The van der Waals surface area contributed by atoms with Gasteiger partial charge in [-0.2, -0.15) is 0 Å². The van der Waals surface area contributed by atoms with E-state index >= 15 is 0 Å². The van der Waals surface area contributed by atoms with Crippen molar-refractivity contribution in [1.29, 1.82) is 0 Å². The van der Waals surface area contributed by atoms with E-state index in [0.29, 0.717) is 13.0 Å². The van der Waals surface area contributed by atoms with Crippen LogP contribution in [0.25, 0.3) is 11.1 Å². The molecule has 0 bridgehead atoms. The second-order valence-electron chi connectivity index (χ2n) is 3.96. The number of aryl methyl sites for hydroxylation is 3. The number of rotatable bonds is 2. The average molecular weight is 204 g/mol. The molecule has 15 heavy (non-hydrogen) atoms. The molecule has 2 N–H and O–H groups in total. The van der Waals surface area contributed by atoms with Crippen molar-refractivity contribution in [2.45, 2.75) is 27.2 Å². The maximum Gasteiger partial charge on any atom is 0.196 e. The van der Waals surface area contributed by atoms with Crippen LogP contribution >= 0.6 is 0 Å². The van der Waals surface area contributed by atoms with Crippen LogP contribution < -0.4 is 5.73 Å². The molecule has 0 saturated carbocycles. The first kappa shape index (κ1) is 10.2. The van der Waals surface area contributed by atoms with Gasteiger partial charge < -0.3 is 10.2 Å². The summed E-state index contributed by atoms with van der Waals surface area (Å²) in [7, 11) is 0. The van der Waals surface area contributed by atoms with E-state index < -0.39 is 0 Å². The van der Waals surface area contributed by atoms with Crippen LogP contribution in [-0.4, -0.2) is 11.5 Å². The van der Waals surface area contributed by atoms with Crippen LogP contribution in [0.15, 0.2) is 10.5 Å². The molecule has 1 aromatic carbocycles. The largest absolute Gasteiger partial charge is 0.440 e. The zero-order chi connectivity index (χ0) is 11.0. The smallest absolute Gasteiger partial charge is 0.196 e. The van der Waals surface area contributed by atoms with E-state index in [1.807, 2.05) is 6.92 Å². The Morgan fingerprint density at radius 1 is 1.27 bits per heavy atom. The number of fused-ring (bicyclic) bond motifs is 1. The highest BCUT2D eigenvalue weighted by Gasteiger charge is 2.11. The topological polar surface area (TPSA) is 52.0 Å². The molecule has 80 valence electrons. The van der Waals surface area contributed by atoms with Gasteiger partial charge in [0.15, 0.2) is 11.5 Å². The molecule has 0 aliphatic heterocycles. The quantitative estimate of drug-likeness (QED) is 0.816. The van der Waals surface area contributed by atoms with Crippen molar-refractivity contribution in [2.24, 2.45) is 5.73 Å². The van der Waals surface area contributed by atoms with Gasteiger partial charge in [-0.1, -0.05) is 6.07 Å². The molecule has 0 aliphatic rings. The number of nitrogens with zero attached hydrogens (tertiary/aromatic N) is 1. The molecular formula is C12H16N2O. The molecule has 0 atom stereocenters. The third-order valence-electron chi connectivity index (χ3n) is 2.77. The Morgan fingerprint density at radius 3 is 2.67 bits per heavy atom. The minimum atomic E-state index is 0.573. The third-order valence-corrected chi connectivity index (χ3v) is 2.77. The number of benzene rings is 1. The maximum atomic E-state index is 5.68. The predicted octanol–water partition coefficient (Wildman–Crippen LogP) is 2.25. The second-order valence-corrected chi connectivity index (χ2v) is 3.96. The Bertz CT molecular complexity index is 500. The van der Waals surface area contributed by atoms with Gasteiger partial charge in [-0.05, 0) is 37.5 Å². The van der Waals surface area contributed by atoms with Gasteiger partial charge in [-0.3, -0.25) is 0 Å². The van der Waals surface area contributed by atoms with E-state index in [9.17, 15) is 0 Å². The molecule has 3 nitrogen and oxygen atoms in total.